The first-order chi connectivity index (χ1) is 17.3. The zero-order chi connectivity index (χ0) is 25.5. The molecule has 0 spiro atoms. The van der Waals surface area contributed by atoms with Crippen molar-refractivity contribution in [3.63, 3.8) is 0 Å². The van der Waals surface area contributed by atoms with E-state index in [4.69, 9.17) is 11.6 Å². The van der Waals surface area contributed by atoms with E-state index in [0.29, 0.717) is 28.1 Å². The quantitative estimate of drug-likeness (QED) is 0.299. The highest BCUT2D eigenvalue weighted by molar-refractivity contribution is 7.99. The summed E-state index contributed by atoms with van der Waals surface area (Å²) in [6.45, 7) is 2.51. The molecule has 1 saturated carbocycles. The van der Waals surface area contributed by atoms with Crippen LogP contribution in [-0.4, -0.2) is 31.9 Å². The summed E-state index contributed by atoms with van der Waals surface area (Å²) >= 11 is 7.95. The zero-order valence-corrected chi connectivity index (χ0v) is 22.7. The molecule has 5 nitrogen and oxygen atoms in total. The molecular formula is C28H31ClN2O3S2. The molecule has 0 atom stereocenters. The number of hydrogen-bond donors (Lipinski definition) is 1. The first-order valence-corrected chi connectivity index (χ1v) is 15.0. The Hall–Kier alpha value is -2.48. The van der Waals surface area contributed by atoms with E-state index >= 15 is 0 Å². The Morgan fingerprint density at radius 3 is 2.36 bits per heavy atom. The number of para-hydroxylation sites is 1. The van der Waals surface area contributed by atoms with Crippen molar-refractivity contribution in [2.45, 2.75) is 49.3 Å². The topological polar surface area (TPSA) is 66.5 Å². The maximum Gasteiger partial charge on any atom is 0.264 e. The number of sulfonamides is 1. The molecule has 0 unspecified atom stereocenters. The second-order valence-electron chi connectivity index (χ2n) is 9.00. The van der Waals surface area contributed by atoms with Gasteiger partial charge in [0.2, 0.25) is 0 Å². The molecule has 0 saturated heterocycles. The van der Waals surface area contributed by atoms with Crippen molar-refractivity contribution < 1.29 is 13.2 Å². The number of benzene rings is 3. The van der Waals surface area contributed by atoms with Crippen molar-refractivity contribution in [2.24, 2.45) is 0 Å². The van der Waals surface area contributed by atoms with E-state index in [1.54, 1.807) is 72.8 Å². The number of anilines is 1. The van der Waals surface area contributed by atoms with Crippen LogP contribution in [0.2, 0.25) is 5.02 Å². The van der Waals surface area contributed by atoms with Gasteiger partial charge in [0.15, 0.2) is 0 Å². The van der Waals surface area contributed by atoms with E-state index in [2.05, 4.69) is 5.32 Å². The summed E-state index contributed by atoms with van der Waals surface area (Å²) < 4.78 is 29.0. The lowest BCUT2D eigenvalue weighted by Crippen LogP contribution is -2.34. The summed E-state index contributed by atoms with van der Waals surface area (Å²) in [4.78, 5) is 13.4. The largest absolute Gasteiger partial charge is 0.351 e. The lowest BCUT2D eigenvalue weighted by atomic mass is 10.1. The molecule has 1 amide bonds. The van der Waals surface area contributed by atoms with Gasteiger partial charge < -0.3 is 5.32 Å². The highest BCUT2D eigenvalue weighted by atomic mass is 35.5. The Kier molecular flexibility index (Phi) is 8.99. The van der Waals surface area contributed by atoms with Crippen molar-refractivity contribution >= 4 is 45.0 Å². The first-order valence-electron chi connectivity index (χ1n) is 12.2. The third-order valence-corrected chi connectivity index (χ3v) is 9.72. The SMILES string of the molecule is Cc1ccc(S(=O)(=O)N(Cc2ccc(Cl)cc2)c2ccccc2C(=O)NCCSC2CCCC2)cc1. The van der Waals surface area contributed by atoms with Crippen LogP contribution in [0, 0.1) is 6.92 Å². The molecule has 8 heteroatoms. The number of rotatable bonds is 10. The molecule has 1 N–H and O–H groups in total. The number of carbonyl (C=O) groups excluding carboxylic acids is 1. The fourth-order valence-electron chi connectivity index (χ4n) is 4.32. The van der Waals surface area contributed by atoms with Crippen LogP contribution in [0.1, 0.15) is 47.2 Å². The molecule has 0 heterocycles. The molecule has 36 heavy (non-hydrogen) atoms. The van der Waals surface area contributed by atoms with Gasteiger partial charge in [-0.05, 0) is 61.7 Å². The highest BCUT2D eigenvalue weighted by Gasteiger charge is 2.28. The summed E-state index contributed by atoms with van der Waals surface area (Å²) in [5.74, 6) is 0.562. The lowest BCUT2D eigenvalue weighted by Gasteiger charge is -2.27. The molecular weight excluding hydrogens is 512 g/mol. The Labute approximate surface area is 223 Å². The van der Waals surface area contributed by atoms with Crippen LogP contribution in [-0.2, 0) is 16.6 Å². The molecule has 1 aliphatic carbocycles. The van der Waals surface area contributed by atoms with Crippen LogP contribution in [0.3, 0.4) is 0 Å². The Balaban J connectivity index is 1.61. The Bertz CT molecular complexity index is 1270. The summed E-state index contributed by atoms with van der Waals surface area (Å²) in [5.41, 5.74) is 2.40. The van der Waals surface area contributed by atoms with Crippen molar-refractivity contribution in [2.75, 3.05) is 16.6 Å². The molecule has 1 fully saturated rings. The fourth-order valence-corrected chi connectivity index (χ4v) is 7.13. The van der Waals surface area contributed by atoms with Crippen LogP contribution in [0.25, 0.3) is 0 Å². The van der Waals surface area contributed by atoms with E-state index < -0.39 is 10.0 Å². The van der Waals surface area contributed by atoms with Crippen LogP contribution in [0.15, 0.2) is 77.7 Å². The van der Waals surface area contributed by atoms with E-state index in [1.165, 1.54) is 30.0 Å². The van der Waals surface area contributed by atoms with Crippen molar-refractivity contribution in [3.05, 3.63) is 94.5 Å². The Morgan fingerprint density at radius 1 is 1.00 bits per heavy atom. The number of aryl methyl sites for hydroxylation is 1. The number of thioether (sulfide) groups is 1. The average molecular weight is 543 g/mol. The van der Waals surface area contributed by atoms with Crippen molar-refractivity contribution in [3.8, 4) is 0 Å². The van der Waals surface area contributed by atoms with Crippen molar-refractivity contribution in [1.29, 1.82) is 0 Å². The number of carbonyl (C=O) groups is 1. The highest BCUT2D eigenvalue weighted by Crippen LogP contribution is 2.31. The number of halogens is 1. The maximum absolute atomic E-state index is 13.9. The molecule has 0 aromatic heterocycles. The van der Waals surface area contributed by atoms with Crippen LogP contribution < -0.4 is 9.62 Å². The lowest BCUT2D eigenvalue weighted by molar-refractivity contribution is 0.0957. The molecule has 1 aliphatic rings. The monoisotopic (exact) mass is 542 g/mol. The molecule has 0 radical (unpaired) electrons. The van der Waals surface area contributed by atoms with Gasteiger partial charge in [0.25, 0.3) is 15.9 Å². The van der Waals surface area contributed by atoms with Crippen LogP contribution in [0.4, 0.5) is 5.69 Å². The van der Waals surface area contributed by atoms with E-state index in [1.807, 2.05) is 18.7 Å². The minimum absolute atomic E-state index is 0.0647. The number of nitrogens with one attached hydrogen (secondary N) is 1. The number of hydrogen-bond acceptors (Lipinski definition) is 4. The smallest absolute Gasteiger partial charge is 0.264 e. The van der Waals surface area contributed by atoms with E-state index in [9.17, 15) is 13.2 Å². The summed E-state index contributed by atoms with van der Waals surface area (Å²) in [7, 11) is -3.96. The molecule has 0 bridgehead atoms. The van der Waals surface area contributed by atoms with Gasteiger partial charge in [0.05, 0.1) is 22.7 Å². The molecule has 190 valence electrons. The van der Waals surface area contributed by atoms with Gasteiger partial charge in [-0.15, -0.1) is 0 Å². The Morgan fingerprint density at radius 2 is 1.67 bits per heavy atom. The fraction of sp³-hybridized carbons (Fsp3) is 0.321. The van der Waals surface area contributed by atoms with Crippen molar-refractivity contribution in [1.82, 2.24) is 5.32 Å². The number of amides is 1. The average Bonchev–Trinajstić information content (AvgIpc) is 3.40. The molecule has 3 aromatic carbocycles. The second-order valence-corrected chi connectivity index (χ2v) is 12.7. The predicted octanol–water partition coefficient (Wildman–Crippen LogP) is 6.45. The zero-order valence-electron chi connectivity index (χ0n) is 20.3. The van der Waals surface area contributed by atoms with Crippen LogP contribution >= 0.6 is 23.4 Å². The second kappa shape index (κ2) is 12.2. The molecule has 0 aliphatic heterocycles. The third-order valence-electron chi connectivity index (χ3n) is 6.31. The van der Waals surface area contributed by atoms with Gasteiger partial charge in [-0.3, -0.25) is 9.10 Å². The standard InChI is InChI=1S/C28H31ClN2O3S2/c1-21-10-16-25(17-11-21)36(33,34)31(20-22-12-14-23(29)15-13-22)27-9-5-4-8-26(27)28(32)30-18-19-35-24-6-2-3-7-24/h4-5,8-17,24H,2-3,6-7,18-20H2,1H3,(H,30,32). The van der Waals surface area contributed by atoms with Gasteiger partial charge in [-0.1, -0.05) is 66.4 Å². The van der Waals surface area contributed by atoms with Gasteiger partial charge in [-0.25, -0.2) is 8.42 Å². The molecule has 4 rings (SSSR count). The van der Waals surface area contributed by atoms with Gasteiger partial charge >= 0.3 is 0 Å². The van der Waals surface area contributed by atoms with Gasteiger partial charge in [0.1, 0.15) is 0 Å². The maximum atomic E-state index is 13.9. The van der Waals surface area contributed by atoms with Gasteiger partial charge in [0, 0.05) is 22.6 Å². The minimum Gasteiger partial charge on any atom is -0.351 e. The number of nitrogens with zero attached hydrogens (tertiary/aromatic N) is 1. The minimum atomic E-state index is -3.96. The normalized spacial score (nSPS) is 14.1. The van der Waals surface area contributed by atoms with E-state index in [-0.39, 0.29) is 17.3 Å². The van der Waals surface area contributed by atoms with E-state index in [0.717, 1.165) is 16.9 Å². The van der Waals surface area contributed by atoms with Crippen LogP contribution in [0.5, 0.6) is 0 Å². The summed E-state index contributed by atoms with van der Waals surface area (Å²) in [5, 5.41) is 4.24. The van der Waals surface area contributed by atoms with Gasteiger partial charge in [-0.2, -0.15) is 11.8 Å². The third kappa shape index (κ3) is 6.64. The summed E-state index contributed by atoms with van der Waals surface area (Å²) in [6, 6.07) is 20.7. The predicted molar refractivity (Wildman–Crippen MR) is 149 cm³/mol. The summed E-state index contributed by atoms with van der Waals surface area (Å²) in [6.07, 6.45) is 5.07. The molecule has 3 aromatic rings. The first kappa shape index (κ1) is 26.6.